The van der Waals surface area contributed by atoms with Gasteiger partial charge < -0.3 is 20.3 Å². The molecule has 1 saturated heterocycles. The molecule has 0 aliphatic carbocycles. The fraction of sp³-hybridized carbons (Fsp3) is 0.333. The standard InChI is InChI=1S/C21H25N3O3/c1-13-5-6-19(27-4)18(12-13)23-21(26)22-17-7-8-24(20(17)25)16-10-14(2)9-15(3)11-16/h5-6,9-12,17H,7-8H2,1-4H3,(H2,22,23,26). The molecule has 2 aromatic rings. The number of nitrogens with zero attached hydrogens (tertiary/aromatic N) is 1. The highest BCUT2D eigenvalue weighted by molar-refractivity contribution is 6.03. The smallest absolute Gasteiger partial charge is 0.319 e. The second kappa shape index (κ2) is 7.70. The molecule has 1 fully saturated rings. The Hall–Kier alpha value is -3.02. The third kappa shape index (κ3) is 4.22. The summed E-state index contributed by atoms with van der Waals surface area (Å²) in [6, 6.07) is 10.6. The van der Waals surface area contributed by atoms with E-state index in [-0.39, 0.29) is 5.91 Å². The van der Waals surface area contributed by atoms with Crippen molar-refractivity contribution in [2.75, 3.05) is 23.9 Å². The summed E-state index contributed by atoms with van der Waals surface area (Å²) in [6.45, 7) is 6.54. The van der Waals surface area contributed by atoms with Crippen LogP contribution in [0.15, 0.2) is 36.4 Å². The number of aryl methyl sites for hydroxylation is 3. The minimum atomic E-state index is -0.540. The van der Waals surface area contributed by atoms with E-state index < -0.39 is 12.1 Å². The molecule has 0 aromatic heterocycles. The molecular weight excluding hydrogens is 342 g/mol. The van der Waals surface area contributed by atoms with Crippen LogP contribution >= 0.6 is 0 Å². The number of nitrogens with one attached hydrogen (secondary N) is 2. The second-order valence-corrected chi connectivity index (χ2v) is 6.98. The van der Waals surface area contributed by atoms with Gasteiger partial charge in [-0.15, -0.1) is 0 Å². The van der Waals surface area contributed by atoms with Crippen molar-refractivity contribution in [1.29, 1.82) is 0 Å². The summed E-state index contributed by atoms with van der Waals surface area (Å²) in [7, 11) is 1.55. The van der Waals surface area contributed by atoms with E-state index in [0.29, 0.717) is 24.4 Å². The molecule has 6 nitrogen and oxygen atoms in total. The van der Waals surface area contributed by atoms with Crippen LogP contribution in [-0.4, -0.2) is 31.6 Å². The molecule has 0 spiro atoms. The maximum absolute atomic E-state index is 12.8. The summed E-state index contributed by atoms with van der Waals surface area (Å²) < 4.78 is 5.27. The van der Waals surface area contributed by atoms with Crippen LogP contribution in [0.25, 0.3) is 0 Å². The number of rotatable bonds is 4. The molecule has 1 atom stereocenters. The summed E-state index contributed by atoms with van der Waals surface area (Å²) in [5, 5.41) is 5.56. The number of carbonyl (C=O) groups is 2. The van der Waals surface area contributed by atoms with Crippen LogP contribution < -0.4 is 20.3 Å². The first-order chi connectivity index (χ1) is 12.9. The average Bonchev–Trinajstić information content (AvgIpc) is 2.95. The SMILES string of the molecule is COc1ccc(C)cc1NC(=O)NC1CCN(c2cc(C)cc(C)c2)C1=O. The Morgan fingerprint density at radius 3 is 2.44 bits per heavy atom. The van der Waals surface area contributed by atoms with Gasteiger partial charge in [0, 0.05) is 12.2 Å². The summed E-state index contributed by atoms with van der Waals surface area (Å²) >= 11 is 0. The molecule has 2 N–H and O–H groups in total. The molecule has 3 rings (SSSR count). The van der Waals surface area contributed by atoms with E-state index in [1.54, 1.807) is 18.1 Å². The highest BCUT2D eigenvalue weighted by Gasteiger charge is 2.33. The zero-order valence-corrected chi connectivity index (χ0v) is 16.1. The maximum Gasteiger partial charge on any atom is 0.319 e. The molecule has 1 aliphatic rings. The molecule has 6 heteroatoms. The quantitative estimate of drug-likeness (QED) is 0.868. The van der Waals surface area contributed by atoms with E-state index in [9.17, 15) is 9.59 Å². The Kier molecular flexibility index (Phi) is 5.35. The van der Waals surface area contributed by atoms with Gasteiger partial charge in [-0.3, -0.25) is 4.79 Å². The Balaban J connectivity index is 1.67. The number of amides is 3. The lowest BCUT2D eigenvalue weighted by Gasteiger charge is -2.19. The number of anilines is 2. The van der Waals surface area contributed by atoms with E-state index >= 15 is 0 Å². The monoisotopic (exact) mass is 367 g/mol. The Morgan fingerprint density at radius 1 is 1.07 bits per heavy atom. The topological polar surface area (TPSA) is 70.7 Å². The van der Waals surface area contributed by atoms with Gasteiger partial charge in [-0.05, 0) is 68.1 Å². The molecule has 142 valence electrons. The number of urea groups is 1. The van der Waals surface area contributed by atoms with Crippen molar-refractivity contribution in [3.05, 3.63) is 53.1 Å². The Labute approximate surface area is 159 Å². The predicted molar refractivity (Wildman–Crippen MR) is 107 cm³/mol. The Bertz CT molecular complexity index is 859. The number of ether oxygens (including phenoxy) is 1. The predicted octanol–water partition coefficient (Wildman–Crippen LogP) is 3.55. The van der Waals surface area contributed by atoms with Gasteiger partial charge in [0.1, 0.15) is 11.8 Å². The fourth-order valence-electron chi connectivity index (χ4n) is 3.41. The summed E-state index contributed by atoms with van der Waals surface area (Å²) in [5.41, 5.74) is 4.68. The van der Waals surface area contributed by atoms with Crippen LogP contribution in [0, 0.1) is 20.8 Å². The van der Waals surface area contributed by atoms with Crippen LogP contribution in [-0.2, 0) is 4.79 Å². The number of benzene rings is 2. The van der Waals surface area contributed by atoms with Crippen molar-refractivity contribution in [2.24, 2.45) is 0 Å². The number of hydrogen-bond acceptors (Lipinski definition) is 3. The third-order valence-electron chi connectivity index (χ3n) is 4.63. The van der Waals surface area contributed by atoms with Crippen LogP contribution in [0.3, 0.4) is 0 Å². The first kappa shape index (κ1) is 18.8. The number of hydrogen-bond donors (Lipinski definition) is 2. The first-order valence-electron chi connectivity index (χ1n) is 8.99. The fourth-order valence-corrected chi connectivity index (χ4v) is 3.41. The Morgan fingerprint density at radius 2 is 1.78 bits per heavy atom. The molecule has 3 amide bonds. The minimum absolute atomic E-state index is 0.0913. The van der Waals surface area contributed by atoms with Crippen molar-refractivity contribution in [1.82, 2.24) is 5.32 Å². The van der Waals surface area contributed by atoms with E-state index in [2.05, 4.69) is 16.7 Å². The zero-order valence-electron chi connectivity index (χ0n) is 16.1. The van der Waals surface area contributed by atoms with Crippen LogP contribution in [0.5, 0.6) is 5.75 Å². The summed E-state index contributed by atoms with van der Waals surface area (Å²) in [6.07, 6.45) is 0.574. The summed E-state index contributed by atoms with van der Waals surface area (Å²) in [4.78, 5) is 26.9. The van der Waals surface area contributed by atoms with E-state index in [0.717, 1.165) is 22.4 Å². The zero-order chi connectivity index (χ0) is 19.6. The average molecular weight is 367 g/mol. The van der Waals surface area contributed by atoms with E-state index in [1.807, 2.05) is 45.0 Å². The van der Waals surface area contributed by atoms with Gasteiger partial charge in [-0.25, -0.2) is 4.79 Å². The molecule has 0 radical (unpaired) electrons. The third-order valence-corrected chi connectivity index (χ3v) is 4.63. The summed E-state index contributed by atoms with van der Waals surface area (Å²) in [5.74, 6) is 0.483. The molecule has 1 heterocycles. The second-order valence-electron chi connectivity index (χ2n) is 6.98. The molecule has 0 saturated carbocycles. The van der Waals surface area contributed by atoms with Gasteiger partial charge in [-0.2, -0.15) is 0 Å². The molecule has 0 bridgehead atoms. The normalized spacial score (nSPS) is 16.4. The van der Waals surface area contributed by atoms with E-state index in [4.69, 9.17) is 4.74 Å². The lowest BCUT2D eigenvalue weighted by Crippen LogP contribution is -2.43. The van der Waals surface area contributed by atoms with Crippen molar-refractivity contribution in [3.8, 4) is 5.75 Å². The van der Waals surface area contributed by atoms with Crippen molar-refractivity contribution in [2.45, 2.75) is 33.2 Å². The van der Waals surface area contributed by atoms with Crippen molar-refractivity contribution < 1.29 is 14.3 Å². The first-order valence-corrected chi connectivity index (χ1v) is 8.99. The van der Waals surface area contributed by atoms with Gasteiger partial charge in [0.15, 0.2) is 0 Å². The molecular formula is C21H25N3O3. The molecule has 27 heavy (non-hydrogen) atoms. The van der Waals surface area contributed by atoms with E-state index in [1.165, 1.54) is 0 Å². The maximum atomic E-state index is 12.8. The van der Waals surface area contributed by atoms with Crippen LogP contribution in [0.4, 0.5) is 16.2 Å². The molecule has 2 aromatic carbocycles. The van der Waals surface area contributed by atoms with Gasteiger partial charge in [0.05, 0.1) is 12.8 Å². The van der Waals surface area contributed by atoms with Crippen molar-refractivity contribution in [3.63, 3.8) is 0 Å². The largest absolute Gasteiger partial charge is 0.495 e. The lowest BCUT2D eigenvalue weighted by atomic mass is 10.1. The highest BCUT2D eigenvalue weighted by Crippen LogP contribution is 2.26. The minimum Gasteiger partial charge on any atom is -0.495 e. The van der Waals surface area contributed by atoms with Crippen LogP contribution in [0.2, 0.25) is 0 Å². The molecule has 1 unspecified atom stereocenters. The number of methoxy groups -OCH3 is 1. The van der Waals surface area contributed by atoms with Gasteiger partial charge in [0.25, 0.3) is 0 Å². The van der Waals surface area contributed by atoms with Gasteiger partial charge in [0.2, 0.25) is 5.91 Å². The van der Waals surface area contributed by atoms with Gasteiger partial charge >= 0.3 is 6.03 Å². The van der Waals surface area contributed by atoms with Crippen molar-refractivity contribution >= 4 is 23.3 Å². The number of carbonyl (C=O) groups excluding carboxylic acids is 2. The highest BCUT2D eigenvalue weighted by atomic mass is 16.5. The van der Waals surface area contributed by atoms with Crippen LogP contribution in [0.1, 0.15) is 23.1 Å². The molecule has 1 aliphatic heterocycles. The lowest BCUT2D eigenvalue weighted by molar-refractivity contribution is -0.118. The van der Waals surface area contributed by atoms with Gasteiger partial charge in [-0.1, -0.05) is 12.1 Å².